The lowest BCUT2D eigenvalue weighted by Gasteiger charge is -2.25. The van der Waals surface area contributed by atoms with Crippen LogP contribution in [0.4, 0.5) is 0 Å². The molecule has 0 saturated heterocycles. The molecule has 0 spiro atoms. The van der Waals surface area contributed by atoms with Crippen molar-refractivity contribution in [2.24, 2.45) is 0 Å². The Labute approximate surface area is 193 Å². The van der Waals surface area contributed by atoms with Gasteiger partial charge in [-0.2, -0.15) is 0 Å². The van der Waals surface area contributed by atoms with Crippen molar-refractivity contribution in [2.75, 3.05) is 13.6 Å². The first kappa shape index (κ1) is 31.3. The zero-order chi connectivity index (χ0) is 24.3. The molecule has 0 aliphatic heterocycles. The summed E-state index contributed by atoms with van der Waals surface area (Å²) in [6, 6.07) is 21.1. The molecule has 1 N–H and O–H groups in total. The standard InChI is InChI=1S/C13H18O.C12H19N.2C2H6/c1-11(14)9-10-13(2,3)12-7-5-4-6-8-12;1-12(2,9-10-13-3)11-7-5-4-6-8-11;2*1-2/h4-8H,9-10H2,1-3H3;4-8,13H,9-10H2,1-3H3;2*1-2H3. The fraction of sp³-hybridized carbons (Fsp3) is 0.552. The molecule has 0 saturated carbocycles. The Morgan fingerprint density at radius 1 is 0.710 bits per heavy atom. The van der Waals surface area contributed by atoms with Gasteiger partial charge >= 0.3 is 0 Å². The van der Waals surface area contributed by atoms with E-state index in [0.29, 0.717) is 6.42 Å². The van der Waals surface area contributed by atoms with Crippen LogP contribution in [0.3, 0.4) is 0 Å². The molecule has 0 unspecified atom stereocenters. The maximum absolute atomic E-state index is 10.9. The maximum Gasteiger partial charge on any atom is 0.129 e. The lowest BCUT2D eigenvalue weighted by Crippen LogP contribution is -2.23. The summed E-state index contributed by atoms with van der Waals surface area (Å²) in [5.41, 5.74) is 3.11. The zero-order valence-corrected chi connectivity index (χ0v) is 22.0. The number of carbonyl (C=O) groups excluding carboxylic acids is 1. The predicted molar refractivity (Wildman–Crippen MR) is 140 cm³/mol. The summed E-state index contributed by atoms with van der Waals surface area (Å²) >= 11 is 0. The summed E-state index contributed by atoms with van der Waals surface area (Å²) in [6.45, 7) is 19.7. The number of benzene rings is 2. The number of hydrogen-bond donors (Lipinski definition) is 1. The van der Waals surface area contributed by atoms with E-state index >= 15 is 0 Å². The van der Waals surface area contributed by atoms with Crippen molar-refractivity contribution in [2.45, 2.75) is 92.4 Å². The smallest absolute Gasteiger partial charge is 0.129 e. The van der Waals surface area contributed by atoms with Crippen molar-refractivity contribution in [3.05, 3.63) is 71.8 Å². The highest BCUT2D eigenvalue weighted by atomic mass is 16.1. The third-order valence-corrected chi connectivity index (χ3v) is 5.21. The number of ketones is 1. The van der Waals surface area contributed by atoms with Crippen LogP contribution in [-0.4, -0.2) is 19.4 Å². The fourth-order valence-corrected chi connectivity index (χ4v) is 2.99. The summed E-state index contributed by atoms with van der Waals surface area (Å²) in [5.74, 6) is 0.272. The molecule has 2 heteroatoms. The Morgan fingerprint density at radius 2 is 1.06 bits per heavy atom. The summed E-state index contributed by atoms with van der Waals surface area (Å²) in [4.78, 5) is 10.9. The molecule has 0 aliphatic rings. The monoisotopic (exact) mass is 427 g/mol. The molecule has 2 nitrogen and oxygen atoms in total. The van der Waals surface area contributed by atoms with Crippen molar-refractivity contribution in [3.8, 4) is 0 Å². The van der Waals surface area contributed by atoms with Crippen molar-refractivity contribution >= 4 is 5.78 Å². The van der Waals surface area contributed by atoms with Crippen LogP contribution in [0.15, 0.2) is 60.7 Å². The molecule has 2 rings (SSSR count). The largest absolute Gasteiger partial charge is 0.320 e. The first-order valence-electron chi connectivity index (χ1n) is 11.9. The molecule has 0 bridgehead atoms. The minimum Gasteiger partial charge on any atom is -0.320 e. The van der Waals surface area contributed by atoms with Crippen LogP contribution >= 0.6 is 0 Å². The topological polar surface area (TPSA) is 29.1 Å². The molecule has 0 fully saturated rings. The zero-order valence-electron chi connectivity index (χ0n) is 22.0. The fourth-order valence-electron chi connectivity index (χ4n) is 2.99. The van der Waals surface area contributed by atoms with E-state index in [9.17, 15) is 4.79 Å². The normalized spacial score (nSPS) is 10.4. The van der Waals surface area contributed by atoms with Crippen LogP contribution in [0, 0.1) is 0 Å². The molecule has 2 aromatic rings. The molecular formula is C29H49NO. The van der Waals surface area contributed by atoms with Crippen molar-refractivity contribution in [1.82, 2.24) is 5.32 Å². The second-order valence-electron chi connectivity index (χ2n) is 8.56. The van der Waals surface area contributed by atoms with E-state index in [1.807, 2.05) is 52.9 Å². The lowest BCUT2D eigenvalue weighted by atomic mass is 9.80. The molecule has 2 aromatic carbocycles. The number of nitrogens with one attached hydrogen (secondary N) is 1. The highest BCUT2D eigenvalue weighted by Crippen LogP contribution is 2.28. The second kappa shape index (κ2) is 17.7. The van der Waals surface area contributed by atoms with E-state index in [4.69, 9.17) is 0 Å². The average molecular weight is 428 g/mol. The molecule has 0 radical (unpaired) electrons. The van der Waals surface area contributed by atoms with E-state index in [1.165, 1.54) is 17.5 Å². The van der Waals surface area contributed by atoms with Gasteiger partial charge in [0, 0.05) is 6.42 Å². The van der Waals surface area contributed by atoms with Gasteiger partial charge in [-0.3, -0.25) is 0 Å². The Kier molecular flexibility index (Phi) is 17.9. The Morgan fingerprint density at radius 3 is 1.39 bits per heavy atom. The van der Waals surface area contributed by atoms with Gasteiger partial charge in [-0.25, -0.2) is 0 Å². The van der Waals surface area contributed by atoms with E-state index < -0.39 is 0 Å². The Hall–Kier alpha value is -1.93. The molecule has 176 valence electrons. The van der Waals surface area contributed by atoms with Crippen LogP contribution in [0.25, 0.3) is 0 Å². The third kappa shape index (κ3) is 13.9. The quantitative estimate of drug-likeness (QED) is 0.463. The Bertz CT molecular complexity index is 660. The van der Waals surface area contributed by atoms with E-state index in [2.05, 4.69) is 75.5 Å². The van der Waals surface area contributed by atoms with Crippen LogP contribution < -0.4 is 5.32 Å². The molecule has 0 aliphatic carbocycles. The van der Waals surface area contributed by atoms with Crippen LogP contribution in [0.2, 0.25) is 0 Å². The van der Waals surface area contributed by atoms with Crippen molar-refractivity contribution in [3.63, 3.8) is 0 Å². The minimum atomic E-state index is 0.104. The number of carbonyl (C=O) groups is 1. The van der Waals surface area contributed by atoms with E-state index in [1.54, 1.807) is 6.92 Å². The molecule has 0 atom stereocenters. The number of rotatable bonds is 8. The molecule has 0 aromatic heterocycles. The number of Topliss-reactive ketones (excluding diaryl/α,β-unsaturated/α-hetero) is 1. The summed E-state index contributed by atoms with van der Waals surface area (Å²) in [6.07, 6.45) is 2.77. The Balaban J connectivity index is 0. The molecule has 31 heavy (non-hydrogen) atoms. The third-order valence-electron chi connectivity index (χ3n) is 5.21. The van der Waals surface area contributed by atoms with E-state index in [0.717, 1.165) is 13.0 Å². The van der Waals surface area contributed by atoms with Gasteiger partial charge in [0.15, 0.2) is 0 Å². The molecule has 0 heterocycles. The van der Waals surface area contributed by atoms with Crippen molar-refractivity contribution in [1.29, 1.82) is 0 Å². The van der Waals surface area contributed by atoms with Crippen LogP contribution in [-0.2, 0) is 15.6 Å². The summed E-state index contributed by atoms with van der Waals surface area (Å²) in [7, 11) is 2.00. The first-order chi connectivity index (χ1) is 14.7. The van der Waals surface area contributed by atoms with Gasteiger partial charge in [-0.1, -0.05) is 116 Å². The highest BCUT2D eigenvalue weighted by Gasteiger charge is 2.20. The second-order valence-corrected chi connectivity index (χ2v) is 8.56. The predicted octanol–water partition coefficient (Wildman–Crippen LogP) is 7.96. The van der Waals surface area contributed by atoms with Gasteiger partial charge in [0.05, 0.1) is 0 Å². The van der Waals surface area contributed by atoms with E-state index in [-0.39, 0.29) is 16.6 Å². The lowest BCUT2D eigenvalue weighted by molar-refractivity contribution is -0.117. The molecular weight excluding hydrogens is 378 g/mol. The summed E-state index contributed by atoms with van der Waals surface area (Å²) < 4.78 is 0. The van der Waals surface area contributed by atoms with Gasteiger partial charge < -0.3 is 10.1 Å². The van der Waals surface area contributed by atoms with Gasteiger partial charge in [-0.05, 0) is 55.3 Å². The first-order valence-corrected chi connectivity index (χ1v) is 11.9. The van der Waals surface area contributed by atoms with Crippen molar-refractivity contribution < 1.29 is 4.79 Å². The summed E-state index contributed by atoms with van der Waals surface area (Å²) in [5, 5.41) is 3.19. The van der Waals surface area contributed by atoms with Crippen LogP contribution in [0.1, 0.15) is 92.7 Å². The van der Waals surface area contributed by atoms with Gasteiger partial charge in [0.25, 0.3) is 0 Å². The minimum absolute atomic E-state index is 0.104. The maximum atomic E-state index is 10.9. The SMILES string of the molecule is CC.CC.CC(=O)CCC(C)(C)c1ccccc1.CNCCC(C)(C)c1ccccc1. The van der Waals surface area contributed by atoms with Gasteiger partial charge in [-0.15, -0.1) is 0 Å². The number of hydrogen-bond acceptors (Lipinski definition) is 2. The van der Waals surface area contributed by atoms with Gasteiger partial charge in [0.1, 0.15) is 5.78 Å². The average Bonchev–Trinajstić information content (AvgIpc) is 2.81. The highest BCUT2D eigenvalue weighted by molar-refractivity contribution is 5.75. The van der Waals surface area contributed by atoms with Crippen LogP contribution in [0.5, 0.6) is 0 Å². The van der Waals surface area contributed by atoms with Gasteiger partial charge in [0.2, 0.25) is 0 Å². The molecule has 0 amide bonds.